The molecule has 0 spiro atoms. The fraction of sp³-hybridized carbons (Fsp3) is 0.545. The van der Waals surface area contributed by atoms with Crippen molar-refractivity contribution in [1.82, 2.24) is 15.2 Å². The van der Waals surface area contributed by atoms with E-state index in [9.17, 15) is 9.59 Å². The summed E-state index contributed by atoms with van der Waals surface area (Å²) in [6.07, 6.45) is 8.87. The average molecular weight is 370 g/mol. The lowest BCUT2D eigenvalue weighted by Gasteiger charge is -2.36. The molecule has 2 aromatic rings. The molecule has 2 N–H and O–H groups in total. The van der Waals surface area contributed by atoms with Gasteiger partial charge in [0.05, 0.1) is 6.42 Å². The quantitative estimate of drug-likeness (QED) is 0.734. The number of aryl methyl sites for hydroxylation is 1. The smallest absolute Gasteiger partial charge is 0.245 e. The van der Waals surface area contributed by atoms with Crippen LogP contribution in [0.5, 0.6) is 0 Å². The first kappa shape index (κ1) is 19.5. The lowest BCUT2D eigenvalue weighted by Crippen LogP contribution is -2.60. The number of hydrogen-bond donors (Lipinski definition) is 2. The highest BCUT2D eigenvalue weighted by atomic mass is 16.2. The zero-order valence-electron chi connectivity index (χ0n) is 16.5. The largest absolute Gasteiger partial charge is 0.354 e. The van der Waals surface area contributed by atoms with Gasteiger partial charge in [-0.3, -0.25) is 9.59 Å². The molecule has 2 amide bonds. The number of nitrogens with zero attached hydrogens (tertiary/aromatic N) is 1. The number of aromatic nitrogens is 1. The fourth-order valence-electron chi connectivity index (χ4n) is 4.16. The molecule has 0 aliphatic heterocycles. The first-order valence-electron chi connectivity index (χ1n) is 10.2. The average Bonchev–Trinajstić information content (AvgIpc) is 2.98. The highest BCUT2D eigenvalue weighted by molar-refractivity contribution is 5.94. The number of unbranched alkanes of at least 4 members (excludes halogenated alkanes) is 1. The number of carbonyl (C=O) groups excluding carboxylic acids is 2. The third-order valence-corrected chi connectivity index (χ3v) is 5.67. The number of carbonyl (C=O) groups is 2. The van der Waals surface area contributed by atoms with Gasteiger partial charge in [0.1, 0.15) is 5.54 Å². The summed E-state index contributed by atoms with van der Waals surface area (Å²) < 4.78 is 2.05. The Labute approximate surface area is 161 Å². The Bertz CT molecular complexity index is 803. The van der Waals surface area contributed by atoms with E-state index in [2.05, 4.69) is 23.6 Å². The molecule has 146 valence electrons. The Kier molecular flexibility index (Phi) is 6.19. The lowest BCUT2D eigenvalue weighted by molar-refractivity contribution is -0.134. The molecular weight excluding hydrogens is 338 g/mol. The molecule has 1 aromatic carbocycles. The first-order valence-corrected chi connectivity index (χ1v) is 10.2. The molecule has 27 heavy (non-hydrogen) atoms. The number of rotatable bonds is 7. The normalized spacial score (nSPS) is 16.2. The predicted molar refractivity (Wildman–Crippen MR) is 108 cm³/mol. The van der Waals surface area contributed by atoms with Crippen LogP contribution in [0.1, 0.15) is 57.4 Å². The van der Waals surface area contributed by atoms with E-state index in [4.69, 9.17) is 0 Å². The maximum atomic E-state index is 12.9. The second kappa shape index (κ2) is 8.59. The summed E-state index contributed by atoms with van der Waals surface area (Å²) in [7, 11) is 1.99. The molecular formula is C22H31N3O2. The molecule has 1 fully saturated rings. The number of amides is 2. The van der Waals surface area contributed by atoms with Crippen LogP contribution in [-0.4, -0.2) is 28.5 Å². The van der Waals surface area contributed by atoms with E-state index in [1.54, 1.807) is 0 Å². The van der Waals surface area contributed by atoms with Crippen molar-refractivity contribution in [2.45, 2.75) is 63.8 Å². The molecule has 0 atom stereocenters. The minimum Gasteiger partial charge on any atom is -0.354 e. The van der Waals surface area contributed by atoms with Gasteiger partial charge in [-0.15, -0.1) is 0 Å². The van der Waals surface area contributed by atoms with E-state index in [1.807, 2.05) is 36.0 Å². The zero-order chi connectivity index (χ0) is 19.3. The van der Waals surface area contributed by atoms with Crippen molar-refractivity contribution in [2.75, 3.05) is 6.54 Å². The van der Waals surface area contributed by atoms with Crippen LogP contribution in [0.3, 0.4) is 0 Å². The Morgan fingerprint density at radius 3 is 2.63 bits per heavy atom. The van der Waals surface area contributed by atoms with Gasteiger partial charge in [0.15, 0.2) is 0 Å². The number of benzene rings is 1. The van der Waals surface area contributed by atoms with Crippen LogP contribution in [0.2, 0.25) is 0 Å². The topological polar surface area (TPSA) is 63.1 Å². The molecule has 5 heteroatoms. The summed E-state index contributed by atoms with van der Waals surface area (Å²) in [5.74, 6) is -0.0826. The van der Waals surface area contributed by atoms with Crippen LogP contribution in [0.15, 0.2) is 30.5 Å². The molecule has 1 saturated carbocycles. The second-order valence-electron chi connectivity index (χ2n) is 7.76. The highest BCUT2D eigenvalue weighted by Gasteiger charge is 2.40. The van der Waals surface area contributed by atoms with Crippen molar-refractivity contribution in [1.29, 1.82) is 0 Å². The molecule has 0 saturated heterocycles. The summed E-state index contributed by atoms with van der Waals surface area (Å²) in [6.45, 7) is 2.78. The van der Waals surface area contributed by atoms with E-state index in [0.29, 0.717) is 13.0 Å². The van der Waals surface area contributed by atoms with Crippen LogP contribution < -0.4 is 10.6 Å². The summed E-state index contributed by atoms with van der Waals surface area (Å²) >= 11 is 0. The Hall–Kier alpha value is -2.30. The summed E-state index contributed by atoms with van der Waals surface area (Å²) in [4.78, 5) is 25.7. The van der Waals surface area contributed by atoms with Gasteiger partial charge in [-0.05, 0) is 30.9 Å². The molecule has 1 aliphatic rings. The Morgan fingerprint density at radius 2 is 1.89 bits per heavy atom. The number of fused-ring (bicyclic) bond motifs is 1. The molecule has 0 bridgehead atoms. The van der Waals surface area contributed by atoms with Crippen LogP contribution in [0.4, 0.5) is 0 Å². The second-order valence-corrected chi connectivity index (χ2v) is 7.76. The van der Waals surface area contributed by atoms with Gasteiger partial charge < -0.3 is 15.2 Å². The van der Waals surface area contributed by atoms with Gasteiger partial charge in [0, 0.05) is 30.7 Å². The molecule has 1 aliphatic carbocycles. The first-order chi connectivity index (χ1) is 13.1. The number of nitrogens with one attached hydrogen (secondary N) is 2. The SMILES string of the molecule is CCCCNC(=O)C1(NC(=O)Cc2cn(C)c3ccccc23)CCCCC1. The third-order valence-electron chi connectivity index (χ3n) is 5.67. The van der Waals surface area contributed by atoms with E-state index >= 15 is 0 Å². The highest BCUT2D eigenvalue weighted by Crippen LogP contribution is 2.29. The minimum atomic E-state index is -0.742. The van der Waals surface area contributed by atoms with Crippen LogP contribution >= 0.6 is 0 Å². The van der Waals surface area contributed by atoms with Gasteiger partial charge in [0.2, 0.25) is 11.8 Å². The maximum Gasteiger partial charge on any atom is 0.245 e. The lowest BCUT2D eigenvalue weighted by atomic mass is 9.80. The molecule has 1 heterocycles. The molecule has 3 rings (SSSR count). The molecule has 1 aromatic heterocycles. The fourth-order valence-corrected chi connectivity index (χ4v) is 4.16. The van der Waals surface area contributed by atoms with Gasteiger partial charge in [0.25, 0.3) is 0 Å². The summed E-state index contributed by atoms with van der Waals surface area (Å²) in [5, 5.41) is 7.26. The van der Waals surface area contributed by atoms with Crippen LogP contribution in [0, 0.1) is 0 Å². The van der Waals surface area contributed by atoms with E-state index in [1.165, 1.54) is 0 Å². The van der Waals surface area contributed by atoms with Gasteiger partial charge in [-0.2, -0.15) is 0 Å². The van der Waals surface area contributed by atoms with Crippen molar-refractivity contribution >= 4 is 22.7 Å². The van der Waals surface area contributed by atoms with Crippen molar-refractivity contribution < 1.29 is 9.59 Å². The molecule has 0 radical (unpaired) electrons. The minimum absolute atomic E-state index is 0.0121. The Balaban J connectivity index is 1.73. The van der Waals surface area contributed by atoms with Gasteiger partial charge in [-0.25, -0.2) is 0 Å². The van der Waals surface area contributed by atoms with E-state index in [-0.39, 0.29) is 11.8 Å². The van der Waals surface area contributed by atoms with Crippen molar-refractivity contribution in [3.05, 3.63) is 36.0 Å². The zero-order valence-corrected chi connectivity index (χ0v) is 16.5. The summed E-state index contributed by atoms with van der Waals surface area (Å²) in [6, 6.07) is 8.10. The van der Waals surface area contributed by atoms with Crippen molar-refractivity contribution in [3.63, 3.8) is 0 Å². The van der Waals surface area contributed by atoms with Gasteiger partial charge >= 0.3 is 0 Å². The monoisotopic (exact) mass is 369 g/mol. The number of para-hydroxylation sites is 1. The van der Waals surface area contributed by atoms with Crippen LogP contribution in [0.25, 0.3) is 10.9 Å². The van der Waals surface area contributed by atoms with Crippen molar-refractivity contribution in [2.24, 2.45) is 7.05 Å². The predicted octanol–water partition coefficient (Wildman–Crippen LogP) is 3.46. The third kappa shape index (κ3) is 4.34. The summed E-state index contributed by atoms with van der Waals surface area (Å²) in [5.41, 5.74) is 1.38. The van der Waals surface area contributed by atoms with E-state index < -0.39 is 5.54 Å². The number of hydrogen-bond acceptors (Lipinski definition) is 2. The maximum absolute atomic E-state index is 12.9. The molecule has 0 unspecified atom stereocenters. The Morgan fingerprint density at radius 1 is 1.15 bits per heavy atom. The van der Waals surface area contributed by atoms with Crippen LogP contribution in [-0.2, 0) is 23.1 Å². The van der Waals surface area contributed by atoms with Gasteiger partial charge in [-0.1, -0.05) is 50.8 Å². The standard InChI is InChI=1S/C22H31N3O2/c1-3-4-14-23-21(27)22(12-8-5-9-13-22)24-20(26)15-17-16-25(2)19-11-7-6-10-18(17)19/h6-7,10-11,16H,3-5,8-9,12-15H2,1-2H3,(H,23,27)(H,24,26). The van der Waals surface area contributed by atoms with E-state index in [0.717, 1.165) is 61.4 Å². The molecule has 5 nitrogen and oxygen atoms in total. The van der Waals surface area contributed by atoms with Crippen molar-refractivity contribution in [3.8, 4) is 0 Å².